The van der Waals surface area contributed by atoms with Gasteiger partial charge < -0.3 is 64.2 Å². The molecule has 2 fully saturated rings. The summed E-state index contributed by atoms with van der Waals surface area (Å²) in [5.41, 5.74) is 0. The van der Waals surface area contributed by atoms with E-state index in [2.05, 4.69) is 98.9 Å². The minimum absolute atomic E-state index is 0.0274. The van der Waals surface area contributed by atoms with Crippen LogP contribution >= 0.6 is 0 Å². The second-order valence-corrected chi connectivity index (χ2v) is 17.3. The Morgan fingerprint density at radius 1 is 0.507 bits per heavy atom. The highest BCUT2D eigenvalue weighted by Gasteiger charge is 2.47. The molecule has 0 aromatic carbocycles. The summed E-state index contributed by atoms with van der Waals surface area (Å²) in [6.45, 7) is 3.40. The van der Waals surface area contributed by atoms with Crippen LogP contribution in [-0.2, 0) is 33.2 Å². The van der Waals surface area contributed by atoms with E-state index in [1.165, 1.54) is 32.1 Å². The number of aliphatic hydroxyl groups is 7. The zero-order valence-electron chi connectivity index (χ0n) is 40.6. The van der Waals surface area contributed by atoms with Crippen LogP contribution in [0, 0.1) is 0 Å². The van der Waals surface area contributed by atoms with Crippen molar-refractivity contribution >= 4 is 5.97 Å². The number of esters is 1. The van der Waals surface area contributed by atoms with E-state index in [1.54, 1.807) is 0 Å². The van der Waals surface area contributed by atoms with Gasteiger partial charge in [-0.3, -0.25) is 4.79 Å². The van der Waals surface area contributed by atoms with Crippen LogP contribution in [0.25, 0.3) is 0 Å². The number of ether oxygens (including phenoxy) is 6. The quantitative estimate of drug-likeness (QED) is 0.0184. The molecule has 0 saturated carbocycles. The van der Waals surface area contributed by atoms with Crippen LogP contribution in [0.3, 0.4) is 0 Å². The molecule has 0 aromatic heterocycles. The minimum atomic E-state index is -1.72. The maximum Gasteiger partial charge on any atom is 0.306 e. The first kappa shape index (κ1) is 60.3. The van der Waals surface area contributed by atoms with Crippen molar-refractivity contribution in [1.82, 2.24) is 0 Å². The predicted octanol–water partition coefficient (Wildman–Crippen LogP) is 7.29. The maximum atomic E-state index is 12.9. The van der Waals surface area contributed by atoms with E-state index in [0.29, 0.717) is 13.0 Å². The van der Waals surface area contributed by atoms with Crippen molar-refractivity contribution in [2.24, 2.45) is 0 Å². The van der Waals surface area contributed by atoms with E-state index in [4.69, 9.17) is 28.4 Å². The van der Waals surface area contributed by atoms with Crippen LogP contribution in [0.1, 0.15) is 142 Å². The number of allylic oxidation sites excluding steroid dienone is 14. The molecule has 0 aliphatic carbocycles. The lowest BCUT2D eigenvalue weighted by Crippen LogP contribution is -2.61. The van der Waals surface area contributed by atoms with E-state index in [9.17, 15) is 40.5 Å². The molecule has 11 unspecified atom stereocenters. The van der Waals surface area contributed by atoms with Crippen LogP contribution < -0.4 is 0 Å². The molecule has 0 spiro atoms. The summed E-state index contributed by atoms with van der Waals surface area (Å²) in [6, 6.07) is 0. The molecule has 2 saturated heterocycles. The summed E-state index contributed by atoms with van der Waals surface area (Å²) in [5.74, 6) is -0.399. The van der Waals surface area contributed by atoms with Gasteiger partial charge in [0.2, 0.25) is 0 Å². The molecule has 2 heterocycles. The Kier molecular flexibility index (Phi) is 36.0. The number of rotatable bonds is 38. The lowest BCUT2D eigenvalue weighted by molar-refractivity contribution is -0.332. The molecule has 7 N–H and O–H groups in total. The fourth-order valence-corrected chi connectivity index (χ4v) is 7.32. The zero-order valence-corrected chi connectivity index (χ0v) is 40.6. The van der Waals surface area contributed by atoms with E-state index >= 15 is 0 Å². The second-order valence-electron chi connectivity index (χ2n) is 17.3. The van der Waals surface area contributed by atoms with Gasteiger partial charge >= 0.3 is 5.97 Å². The maximum absolute atomic E-state index is 12.9. The highest BCUT2D eigenvalue weighted by atomic mass is 16.7. The molecular weight excluding hydrogens is 861 g/mol. The molecule has 2 aliphatic heterocycles. The van der Waals surface area contributed by atoms with Crippen molar-refractivity contribution in [1.29, 1.82) is 0 Å². The van der Waals surface area contributed by atoms with Crippen LogP contribution in [0.4, 0.5) is 0 Å². The van der Waals surface area contributed by atoms with E-state index < -0.39 is 86.7 Å². The molecule has 67 heavy (non-hydrogen) atoms. The van der Waals surface area contributed by atoms with Gasteiger partial charge in [-0.15, -0.1) is 0 Å². The summed E-state index contributed by atoms with van der Waals surface area (Å²) in [4.78, 5) is 12.9. The van der Waals surface area contributed by atoms with E-state index in [1.807, 2.05) is 0 Å². The Labute approximate surface area is 401 Å². The third-order valence-electron chi connectivity index (χ3n) is 11.4. The summed E-state index contributed by atoms with van der Waals surface area (Å²) >= 11 is 0. The largest absolute Gasteiger partial charge is 0.457 e. The summed E-state index contributed by atoms with van der Waals surface area (Å²) in [7, 11) is 0. The van der Waals surface area contributed by atoms with E-state index in [-0.39, 0.29) is 19.6 Å². The van der Waals surface area contributed by atoms with Crippen molar-refractivity contribution in [3.63, 3.8) is 0 Å². The third-order valence-corrected chi connectivity index (χ3v) is 11.4. The Morgan fingerprint density at radius 2 is 0.970 bits per heavy atom. The highest BCUT2D eigenvalue weighted by Crippen LogP contribution is 2.26. The molecule has 14 heteroatoms. The van der Waals surface area contributed by atoms with Crippen LogP contribution in [0.2, 0.25) is 0 Å². The van der Waals surface area contributed by atoms with E-state index in [0.717, 1.165) is 83.5 Å². The average Bonchev–Trinajstić information content (AvgIpc) is 3.32. The van der Waals surface area contributed by atoms with Crippen molar-refractivity contribution < 1.29 is 69.0 Å². The van der Waals surface area contributed by atoms with Crippen LogP contribution in [-0.4, -0.2) is 142 Å². The zero-order chi connectivity index (χ0) is 48.7. The first-order valence-corrected chi connectivity index (χ1v) is 25.2. The fourth-order valence-electron chi connectivity index (χ4n) is 7.32. The Balaban J connectivity index is 1.75. The van der Waals surface area contributed by atoms with Crippen LogP contribution in [0.15, 0.2) is 85.1 Å². The summed E-state index contributed by atoms with van der Waals surface area (Å²) in [5, 5.41) is 72.0. The molecule has 14 nitrogen and oxygen atoms in total. The van der Waals surface area contributed by atoms with Gasteiger partial charge in [0.1, 0.15) is 54.9 Å². The van der Waals surface area contributed by atoms with Crippen molar-refractivity contribution in [2.45, 2.75) is 210 Å². The second kappa shape index (κ2) is 40.0. The Hall–Kier alpha value is -2.83. The van der Waals surface area contributed by atoms with Crippen LogP contribution in [0.5, 0.6) is 0 Å². The van der Waals surface area contributed by atoms with Gasteiger partial charge in [0.05, 0.1) is 26.4 Å². The summed E-state index contributed by atoms with van der Waals surface area (Å²) < 4.78 is 34.1. The highest BCUT2D eigenvalue weighted by molar-refractivity contribution is 5.69. The average molecular weight is 949 g/mol. The van der Waals surface area contributed by atoms with Gasteiger partial charge in [-0.25, -0.2) is 0 Å². The molecular formula is C53H88O14. The number of carbonyl (C=O) groups excluding carboxylic acids is 1. The molecule has 2 rings (SSSR count). The topological polar surface area (TPSA) is 214 Å². The van der Waals surface area contributed by atoms with Gasteiger partial charge in [-0.1, -0.05) is 150 Å². The number of carbonyl (C=O) groups is 1. The third kappa shape index (κ3) is 27.8. The van der Waals surface area contributed by atoms with Gasteiger partial charge in [0.25, 0.3) is 0 Å². The predicted molar refractivity (Wildman–Crippen MR) is 261 cm³/mol. The first-order chi connectivity index (χ1) is 32.6. The lowest BCUT2D eigenvalue weighted by atomic mass is 9.98. The molecule has 0 bridgehead atoms. The normalized spacial score (nSPS) is 26.8. The Morgan fingerprint density at radius 3 is 1.49 bits per heavy atom. The van der Waals surface area contributed by atoms with Gasteiger partial charge in [0.15, 0.2) is 12.6 Å². The first-order valence-electron chi connectivity index (χ1n) is 25.2. The van der Waals surface area contributed by atoms with Crippen molar-refractivity contribution in [3.8, 4) is 0 Å². The standard InChI is InChI=1S/C53H88O14/c1-3-5-7-9-11-13-14-15-16-17-18-19-20-21-22-23-24-25-26-27-29-31-33-35-37-62-39-42(65-45(55)36-34-32-30-28-12-10-8-6-4-2)40-63-52-51(61)49(59)47(57)44(67-52)41-64-53-50(60)48(58)46(56)43(38-54)66-53/h5,7,11,13,15-16,18-19,21-22,24-25,27,29,42-44,46-54,56-61H,3-4,6,8-10,12,14,17,20,23,26,28,30-41H2,1-2H3/b7-5-,13-11-,16-15-,19-18-,22-21-,25-24-,29-27-. The number of hydrogen-bond donors (Lipinski definition) is 7. The number of aliphatic hydroxyl groups excluding tert-OH is 7. The SMILES string of the molecule is CC/C=C\C/C=C\C/C=C\C/C=C\C/C=C\C/C=C\C/C=C\CCCCOCC(COC1OC(COC2OC(CO)C(O)C(O)C2O)C(O)C(O)C1O)OC(=O)CCCCCCCCCCC. The Bertz CT molecular complexity index is 1430. The van der Waals surface area contributed by atoms with Crippen molar-refractivity contribution in [2.75, 3.05) is 33.0 Å². The smallest absolute Gasteiger partial charge is 0.306 e. The molecule has 0 aromatic rings. The van der Waals surface area contributed by atoms with Crippen molar-refractivity contribution in [3.05, 3.63) is 85.1 Å². The van der Waals surface area contributed by atoms with Gasteiger partial charge in [-0.05, 0) is 70.6 Å². The molecule has 0 amide bonds. The monoisotopic (exact) mass is 949 g/mol. The fraction of sp³-hybridized carbons (Fsp3) is 0.717. The minimum Gasteiger partial charge on any atom is -0.457 e. The van der Waals surface area contributed by atoms with Gasteiger partial charge in [0, 0.05) is 13.0 Å². The lowest BCUT2D eigenvalue weighted by Gasteiger charge is -2.42. The molecule has 0 radical (unpaired) electrons. The summed E-state index contributed by atoms with van der Waals surface area (Å²) in [6.07, 6.45) is 33.8. The molecule has 11 atom stereocenters. The molecule has 384 valence electrons. The number of hydrogen-bond acceptors (Lipinski definition) is 14. The molecule has 2 aliphatic rings. The van der Waals surface area contributed by atoms with Gasteiger partial charge in [-0.2, -0.15) is 0 Å². The number of unbranched alkanes of at least 4 members (excludes halogenated alkanes) is 10.